The Morgan fingerprint density at radius 3 is 2.38 bits per heavy atom. The van der Waals surface area contributed by atoms with E-state index in [9.17, 15) is 18.0 Å². The maximum atomic E-state index is 13.1. The number of amides is 2. The van der Waals surface area contributed by atoms with Crippen molar-refractivity contribution in [2.45, 2.75) is 19.5 Å². The Morgan fingerprint density at radius 2 is 1.64 bits per heavy atom. The first-order valence-electron chi connectivity index (χ1n) is 11.9. The SMILES string of the molecule is CCOCCCOc1ccc2c(Oc3ccc(NC(=O)Nc4ccc(Br)c(C(F)(F)F)c4)cc3)ncnc2c1. The lowest BCUT2D eigenvalue weighted by molar-refractivity contribution is -0.138. The van der Waals surface area contributed by atoms with Crippen molar-refractivity contribution in [1.82, 2.24) is 9.97 Å². The molecule has 0 unspecified atom stereocenters. The molecule has 4 rings (SSSR count). The summed E-state index contributed by atoms with van der Waals surface area (Å²) in [5.74, 6) is 1.48. The van der Waals surface area contributed by atoms with Crippen LogP contribution in [-0.2, 0) is 10.9 Å². The second-order valence-corrected chi connectivity index (χ2v) is 9.01. The molecule has 0 saturated carbocycles. The molecule has 2 amide bonds. The van der Waals surface area contributed by atoms with E-state index in [1.807, 2.05) is 19.1 Å². The van der Waals surface area contributed by atoms with Crippen LogP contribution in [0.2, 0.25) is 0 Å². The first-order valence-corrected chi connectivity index (χ1v) is 12.7. The molecule has 8 nitrogen and oxygen atoms in total. The number of benzene rings is 3. The lowest BCUT2D eigenvalue weighted by Gasteiger charge is -2.13. The molecular weight excluding hydrogens is 581 g/mol. The molecule has 0 atom stereocenters. The average Bonchev–Trinajstić information content (AvgIpc) is 2.90. The van der Waals surface area contributed by atoms with Crippen LogP contribution in [0.25, 0.3) is 10.9 Å². The van der Waals surface area contributed by atoms with Gasteiger partial charge in [-0.3, -0.25) is 0 Å². The maximum Gasteiger partial charge on any atom is 0.417 e. The van der Waals surface area contributed by atoms with Crippen LogP contribution in [0.5, 0.6) is 17.4 Å². The number of hydrogen-bond donors (Lipinski definition) is 2. The number of hydrogen-bond acceptors (Lipinski definition) is 6. The molecule has 2 N–H and O–H groups in total. The molecule has 1 aromatic heterocycles. The average molecular weight is 605 g/mol. The number of rotatable bonds is 10. The van der Waals surface area contributed by atoms with E-state index < -0.39 is 17.8 Å². The number of urea groups is 1. The van der Waals surface area contributed by atoms with Crippen LogP contribution < -0.4 is 20.1 Å². The van der Waals surface area contributed by atoms with Crippen LogP contribution >= 0.6 is 15.9 Å². The topological polar surface area (TPSA) is 94.6 Å². The Hall–Kier alpha value is -3.90. The minimum absolute atomic E-state index is 0.00214. The van der Waals surface area contributed by atoms with Gasteiger partial charge in [0.05, 0.1) is 23.1 Å². The largest absolute Gasteiger partial charge is 0.493 e. The molecule has 0 fully saturated rings. The highest BCUT2D eigenvalue weighted by Crippen LogP contribution is 2.36. The van der Waals surface area contributed by atoms with Crippen LogP contribution in [0.1, 0.15) is 18.9 Å². The Bertz CT molecular complexity index is 1440. The van der Waals surface area contributed by atoms with Crippen molar-refractivity contribution in [3.8, 4) is 17.4 Å². The summed E-state index contributed by atoms with van der Waals surface area (Å²) in [6, 6.07) is 14.6. The fraction of sp³-hybridized carbons (Fsp3) is 0.222. The third-order valence-corrected chi connectivity index (χ3v) is 6.03. The number of aromatic nitrogens is 2. The highest BCUT2D eigenvalue weighted by molar-refractivity contribution is 9.10. The van der Waals surface area contributed by atoms with Gasteiger partial charge in [-0.25, -0.2) is 14.8 Å². The molecule has 0 spiro atoms. The smallest absolute Gasteiger partial charge is 0.417 e. The molecule has 0 saturated heterocycles. The molecule has 12 heteroatoms. The molecule has 0 bridgehead atoms. The predicted molar refractivity (Wildman–Crippen MR) is 144 cm³/mol. The van der Waals surface area contributed by atoms with Gasteiger partial charge < -0.3 is 24.8 Å². The van der Waals surface area contributed by atoms with Gasteiger partial charge in [0.25, 0.3) is 0 Å². The van der Waals surface area contributed by atoms with Crippen LogP contribution in [0.4, 0.5) is 29.3 Å². The highest BCUT2D eigenvalue weighted by Gasteiger charge is 2.33. The van der Waals surface area contributed by atoms with Crippen molar-refractivity contribution in [2.75, 3.05) is 30.5 Å². The number of carbonyl (C=O) groups is 1. The van der Waals surface area contributed by atoms with Crippen LogP contribution in [0, 0.1) is 0 Å². The molecule has 0 aliphatic heterocycles. The summed E-state index contributed by atoms with van der Waals surface area (Å²) in [7, 11) is 0. The van der Waals surface area contributed by atoms with Crippen molar-refractivity contribution in [1.29, 1.82) is 0 Å². The number of nitrogens with zero attached hydrogens (tertiary/aromatic N) is 2. The zero-order chi connectivity index (χ0) is 27.8. The van der Waals surface area contributed by atoms with E-state index >= 15 is 0 Å². The zero-order valence-electron chi connectivity index (χ0n) is 20.7. The summed E-state index contributed by atoms with van der Waals surface area (Å²) in [6.07, 6.45) is -2.39. The van der Waals surface area contributed by atoms with Crippen molar-refractivity contribution in [2.24, 2.45) is 0 Å². The number of alkyl halides is 3. The van der Waals surface area contributed by atoms with Crippen LogP contribution in [-0.4, -0.2) is 35.8 Å². The first-order chi connectivity index (χ1) is 18.7. The van der Waals surface area contributed by atoms with Crippen molar-refractivity contribution in [3.63, 3.8) is 0 Å². The molecule has 0 aliphatic carbocycles. The number of ether oxygens (including phenoxy) is 3. The van der Waals surface area contributed by atoms with Gasteiger partial charge in [-0.15, -0.1) is 0 Å². The minimum atomic E-state index is -4.56. The van der Waals surface area contributed by atoms with Gasteiger partial charge in [0.15, 0.2) is 0 Å². The van der Waals surface area contributed by atoms with E-state index in [4.69, 9.17) is 14.2 Å². The number of nitrogens with one attached hydrogen (secondary N) is 2. The van der Waals surface area contributed by atoms with Gasteiger partial charge in [-0.05, 0) is 61.5 Å². The van der Waals surface area contributed by atoms with Gasteiger partial charge in [0.1, 0.15) is 17.8 Å². The van der Waals surface area contributed by atoms with Crippen LogP contribution in [0.3, 0.4) is 0 Å². The first kappa shape index (κ1) is 28.1. The summed E-state index contributed by atoms with van der Waals surface area (Å²) in [6.45, 7) is 3.78. The summed E-state index contributed by atoms with van der Waals surface area (Å²) < 4.78 is 56.2. The second kappa shape index (κ2) is 12.8. The van der Waals surface area contributed by atoms with Crippen LogP contribution in [0.15, 0.2) is 71.5 Å². The third kappa shape index (κ3) is 7.80. The number of anilines is 2. The highest BCUT2D eigenvalue weighted by atomic mass is 79.9. The van der Waals surface area contributed by atoms with Gasteiger partial charge >= 0.3 is 12.2 Å². The summed E-state index contributed by atoms with van der Waals surface area (Å²) in [4.78, 5) is 20.8. The quantitative estimate of drug-likeness (QED) is 0.180. The second-order valence-electron chi connectivity index (χ2n) is 8.15. The van der Waals surface area contributed by atoms with Crippen molar-refractivity contribution >= 4 is 44.2 Å². The van der Waals surface area contributed by atoms with E-state index in [-0.39, 0.29) is 10.2 Å². The Kier molecular flexibility index (Phi) is 9.20. The van der Waals surface area contributed by atoms with E-state index in [2.05, 4.69) is 36.5 Å². The lowest BCUT2D eigenvalue weighted by Crippen LogP contribution is -2.19. The maximum absolute atomic E-state index is 13.1. The summed E-state index contributed by atoms with van der Waals surface area (Å²) in [5, 5.41) is 5.66. The van der Waals surface area contributed by atoms with E-state index in [1.165, 1.54) is 18.5 Å². The van der Waals surface area contributed by atoms with Gasteiger partial charge in [0.2, 0.25) is 5.88 Å². The molecule has 4 aromatic rings. The molecule has 0 aliphatic rings. The van der Waals surface area contributed by atoms with Gasteiger partial charge in [-0.2, -0.15) is 13.2 Å². The Morgan fingerprint density at radius 1 is 0.923 bits per heavy atom. The van der Waals surface area contributed by atoms with Gasteiger partial charge in [-0.1, -0.05) is 15.9 Å². The molecule has 3 aromatic carbocycles. The van der Waals surface area contributed by atoms with E-state index in [1.54, 1.807) is 30.3 Å². The van der Waals surface area contributed by atoms with E-state index in [0.29, 0.717) is 53.8 Å². The number of carbonyl (C=O) groups excluding carboxylic acids is 1. The molecule has 204 valence electrons. The fourth-order valence-corrected chi connectivity index (χ4v) is 3.98. The fourth-order valence-electron chi connectivity index (χ4n) is 3.51. The molecule has 1 heterocycles. The number of fused-ring (bicyclic) bond motifs is 1. The zero-order valence-corrected chi connectivity index (χ0v) is 22.3. The van der Waals surface area contributed by atoms with Gasteiger partial charge in [0, 0.05) is 41.5 Å². The monoisotopic (exact) mass is 604 g/mol. The normalized spacial score (nSPS) is 11.3. The Balaban J connectivity index is 1.36. The predicted octanol–water partition coefficient (Wildman–Crippen LogP) is 7.65. The summed E-state index contributed by atoms with van der Waals surface area (Å²) >= 11 is 2.87. The molecular formula is C27H24BrF3N4O4. The standard InChI is InChI=1S/C27H24BrF3N4O4/c1-2-37-12-3-13-38-20-9-10-21-24(15-20)32-16-33-25(21)39-19-7-4-17(5-8-19)34-26(36)35-18-6-11-23(28)22(14-18)27(29,30)31/h4-11,14-16H,2-3,12-13H2,1H3,(H2,34,35,36). The van der Waals surface area contributed by atoms with E-state index in [0.717, 1.165) is 12.5 Å². The molecule has 0 radical (unpaired) electrons. The summed E-state index contributed by atoms with van der Waals surface area (Å²) in [5.41, 5.74) is 0.170. The van der Waals surface area contributed by atoms with Crippen molar-refractivity contribution in [3.05, 3.63) is 77.0 Å². The number of halogens is 4. The Labute approximate surface area is 230 Å². The lowest BCUT2D eigenvalue weighted by atomic mass is 10.2. The minimum Gasteiger partial charge on any atom is -0.493 e. The molecule has 39 heavy (non-hydrogen) atoms. The van der Waals surface area contributed by atoms with Crippen molar-refractivity contribution < 1.29 is 32.2 Å². The third-order valence-electron chi connectivity index (χ3n) is 5.33.